The molecule has 0 spiro atoms. The Bertz CT molecular complexity index is 1240. The first kappa shape index (κ1) is 67.5. The van der Waals surface area contributed by atoms with Gasteiger partial charge in [0, 0.05) is 13.0 Å². The maximum Gasteiger partial charge on any atom is 0.472 e. The number of quaternary nitrogens is 1. The molecule has 0 fully saturated rings. The van der Waals surface area contributed by atoms with Crippen LogP contribution in [-0.2, 0) is 27.9 Å². The van der Waals surface area contributed by atoms with E-state index in [0.29, 0.717) is 24.1 Å². The average Bonchev–Trinajstić information content (AvgIpc) is 3.31. The Hall–Kier alpha value is -1.54. The van der Waals surface area contributed by atoms with Crippen molar-refractivity contribution in [1.82, 2.24) is 0 Å². The summed E-state index contributed by atoms with van der Waals surface area (Å²) in [5.41, 5.74) is 0. The molecule has 0 rings (SSSR count). The van der Waals surface area contributed by atoms with Crippen molar-refractivity contribution in [1.29, 1.82) is 0 Å². The Morgan fingerprint density at radius 3 is 1.20 bits per heavy atom. The number of carbonyl (C=O) groups excluding carboxylic acids is 1. The number of ether oxygens (including phenoxy) is 2. The highest BCUT2D eigenvalue weighted by atomic mass is 31.2. The minimum absolute atomic E-state index is 0.0866. The monoisotopic (exact) mass is 993 g/mol. The third kappa shape index (κ3) is 57.2. The average molecular weight is 994 g/mol. The molecule has 0 amide bonds. The van der Waals surface area contributed by atoms with Gasteiger partial charge in [-0.25, -0.2) is 4.57 Å². The molecular formula is C60H115NO7P+. The van der Waals surface area contributed by atoms with E-state index in [-0.39, 0.29) is 25.8 Å². The van der Waals surface area contributed by atoms with Gasteiger partial charge >= 0.3 is 13.8 Å². The zero-order valence-electron chi connectivity index (χ0n) is 46.3. The van der Waals surface area contributed by atoms with Crippen LogP contribution >= 0.6 is 7.82 Å². The summed E-state index contributed by atoms with van der Waals surface area (Å²) in [6.45, 7) is 5.64. The molecule has 0 aromatic rings. The number of carbonyl (C=O) groups is 1. The largest absolute Gasteiger partial charge is 0.472 e. The predicted octanol–water partition coefficient (Wildman–Crippen LogP) is 18.6. The molecule has 1 N–H and O–H groups in total. The number of allylic oxidation sites excluding steroid dienone is 8. The van der Waals surface area contributed by atoms with E-state index in [1.807, 2.05) is 21.1 Å². The number of phosphoric ester groups is 1. The first-order valence-corrected chi connectivity index (χ1v) is 30.9. The molecular weight excluding hydrogens is 878 g/mol. The fraction of sp³-hybridized carbons (Fsp3) is 0.850. The molecule has 9 heteroatoms. The second-order valence-corrected chi connectivity index (χ2v) is 22.5. The number of esters is 1. The number of nitrogens with zero attached hydrogens (tertiary/aromatic N) is 1. The van der Waals surface area contributed by atoms with Gasteiger partial charge in [0.1, 0.15) is 19.3 Å². The normalized spacial score (nSPS) is 13.8. The van der Waals surface area contributed by atoms with E-state index < -0.39 is 13.9 Å². The summed E-state index contributed by atoms with van der Waals surface area (Å²) >= 11 is 0. The SMILES string of the molecule is CCCCCCC/C=C\C/C=C\C/C=C\CCCCCCCCCCC(=O)OC(COCCCCCCCCCCCCCC/C=C\CCCCCCCCCC)COP(=O)(O)OCC[N+](C)(C)C. The Morgan fingerprint density at radius 2 is 0.797 bits per heavy atom. The van der Waals surface area contributed by atoms with E-state index in [9.17, 15) is 14.3 Å². The van der Waals surface area contributed by atoms with E-state index in [2.05, 4.69) is 62.5 Å². The van der Waals surface area contributed by atoms with Crippen molar-refractivity contribution in [3.8, 4) is 0 Å². The highest BCUT2D eigenvalue weighted by Gasteiger charge is 2.26. The van der Waals surface area contributed by atoms with Crippen LogP contribution in [0.15, 0.2) is 48.6 Å². The maximum atomic E-state index is 12.8. The summed E-state index contributed by atoms with van der Waals surface area (Å²) in [6.07, 6.45) is 67.4. The van der Waals surface area contributed by atoms with Crippen LogP contribution in [0.3, 0.4) is 0 Å². The quantitative estimate of drug-likeness (QED) is 0.0213. The zero-order chi connectivity index (χ0) is 50.5. The number of rotatable bonds is 55. The minimum atomic E-state index is -4.29. The smallest absolute Gasteiger partial charge is 0.457 e. The molecule has 0 saturated heterocycles. The molecule has 0 aromatic carbocycles. The zero-order valence-corrected chi connectivity index (χ0v) is 47.2. The van der Waals surface area contributed by atoms with Crippen LogP contribution in [-0.4, -0.2) is 75.6 Å². The molecule has 69 heavy (non-hydrogen) atoms. The van der Waals surface area contributed by atoms with Crippen LogP contribution in [0.5, 0.6) is 0 Å². The van der Waals surface area contributed by atoms with E-state index in [1.54, 1.807) is 0 Å². The highest BCUT2D eigenvalue weighted by molar-refractivity contribution is 7.47. The molecule has 8 nitrogen and oxygen atoms in total. The van der Waals surface area contributed by atoms with Crippen molar-refractivity contribution in [2.45, 2.75) is 277 Å². The fourth-order valence-electron chi connectivity index (χ4n) is 8.32. The second kappa shape index (κ2) is 52.8. The minimum Gasteiger partial charge on any atom is -0.457 e. The molecule has 406 valence electrons. The van der Waals surface area contributed by atoms with Gasteiger partial charge in [-0.15, -0.1) is 0 Å². The summed E-state index contributed by atoms with van der Waals surface area (Å²) in [6, 6.07) is 0. The van der Waals surface area contributed by atoms with Crippen molar-refractivity contribution in [2.75, 3.05) is 54.1 Å². The molecule has 0 heterocycles. The van der Waals surface area contributed by atoms with E-state index in [4.69, 9.17) is 18.5 Å². The number of hydrogen-bond acceptors (Lipinski definition) is 6. The van der Waals surface area contributed by atoms with Crippen molar-refractivity contribution in [2.24, 2.45) is 0 Å². The lowest BCUT2D eigenvalue weighted by Gasteiger charge is -2.24. The summed E-state index contributed by atoms with van der Waals surface area (Å²) in [7, 11) is 1.67. The predicted molar refractivity (Wildman–Crippen MR) is 298 cm³/mol. The molecule has 0 radical (unpaired) electrons. The van der Waals surface area contributed by atoms with Gasteiger partial charge in [-0.1, -0.05) is 236 Å². The number of phosphoric acid groups is 1. The van der Waals surface area contributed by atoms with Gasteiger partial charge in [0.05, 0.1) is 34.4 Å². The Morgan fingerprint density at radius 1 is 0.449 bits per heavy atom. The summed E-state index contributed by atoms with van der Waals surface area (Å²) < 4.78 is 35.3. The molecule has 0 saturated carbocycles. The third-order valence-corrected chi connectivity index (χ3v) is 13.8. The van der Waals surface area contributed by atoms with Crippen molar-refractivity contribution in [3.63, 3.8) is 0 Å². The van der Waals surface area contributed by atoms with Crippen molar-refractivity contribution in [3.05, 3.63) is 48.6 Å². The van der Waals surface area contributed by atoms with Gasteiger partial charge in [-0.3, -0.25) is 13.8 Å². The lowest BCUT2D eigenvalue weighted by atomic mass is 10.0. The van der Waals surface area contributed by atoms with Crippen molar-refractivity contribution < 1.29 is 37.3 Å². The van der Waals surface area contributed by atoms with Gasteiger partial charge in [-0.05, 0) is 77.0 Å². The van der Waals surface area contributed by atoms with E-state index in [1.165, 1.54) is 199 Å². The fourth-order valence-corrected chi connectivity index (χ4v) is 9.06. The summed E-state index contributed by atoms with van der Waals surface area (Å²) in [5.74, 6) is -0.318. The highest BCUT2D eigenvalue weighted by Crippen LogP contribution is 2.43. The van der Waals surface area contributed by atoms with Gasteiger partial charge in [-0.2, -0.15) is 0 Å². The maximum absolute atomic E-state index is 12.8. The van der Waals surface area contributed by atoms with Gasteiger partial charge < -0.3 is 18.9 Å². The molecule has 2 unspecified atom stereocenters. The Kier molecular flexibility index (Phi) is 51.6. The standard InChI is InChI=1S/C60H114NO7P/c1-6-8-10-12-14-16-18-20-22-24-26-28-30-32-34-36-38-40-42-44-46-48-50-52-55-65-57-59(58-67-69(63,64)66-56-54-61(3,4)5)68-60(62)53-51-49-47-45-43-41-39-37-35-33-31-29-27-25-23-21-19-17-15-13-11-9-7-2/h19,21,24-27,31,33,59H,6-18,20,22-23,28-30,32,34-58H2,1-5H3/p+1/b21-19-,26-24-,27-25-,33-31-. The molecule has 0 aliphatic carbocycles. The Labute approximate surface area is 428 Å². The van der Waals surface area contributed by atoms with Crippen LogP contribution in [0.2, 0.25) is 0 Å². The van der Waals surface area contributed by atoms with Crippen LogP contribution in [0, 0.1) is 0 Å². The second-order valence-electron chi connectivity index (χ2n) is 21.0. The lowest BCUT2D eigenvalue weighted by molar-refractivity contribution is -0.870. The van der Waals surface area contributed by atoms with Gasteiger partial charge in [0.15, 0.2) is 0 Å². The number of unbranched alkanes of at least 4 members (excludes halogenated alkanes) is 33. The first-order valence-electron chi connectivity index (χ1n) is 29.4. The first-order chi connectivity index (χ1) is 33.6. The van der Waals surface area contributed by atoms with Crippen molar-refractivity contribution >= 4 is 13.8 Å². The molecule has 2 atom stereocenters. The molecule has 0 aliphatic heterocycles. The lowest BCUT2D eigenvalue weighted by Crippen LogP contribution is -2.37. The third-order valence-electron chi connectivity index (χ3n) is 12.9. The summed E-state index contributed by atoms with van der Waals surface area (Å²) in [5, 5.41) is 0. The van der Waals surface area contributed by atoms with Crippen LogP contribution in [0.25, 0.3) is 0 Å². The number of likely N-dealkylation sites (N-methyl/N-ethyl adjacent to an activating group) is 1. The topological polar surface area (TPSA) is 91.3 Å². The van der Waals surface area contributed by atoms with Crippen LogP contribution in [0.4, 0.5) is 0 Å². The van der Waals surface area contributed by atoms with E-state index in [0.717, 1.165) is 51.4 Å². The van der Waals surface area contributed by atoms with Gasteiger partial charge in [0.25, 0.3) is 0 Å². The van der Waals surface area contributed by atoms with Crippen LogP contribution in [0.1, 0.15) is 271 Å². The molecule has 0 aromatic heterocycles. The summed E-state index contributed by atoms with van der Waals surface area (Å²) in [4.78, 5) is 23.1. The number of hydrogen-bond donors (Lipinski definition) is 1. The molecule has 0 bridgehead atoms. The van der Waals surface area contributed by atoms with E-state index >= 15 is 0 Å². The van der Waals surface area contributed by atoms with Crippen LogP contribution < -0.4 is 0 Å². The Balaban J connectivity index is 4.08. The molecule has 0 aliphatic rings. The van der Waals surface area contributed by atoms with Gasteiger partial charge in [0.2, 0.25) is 0 Å².